The number of fused-ring (bicyclic) bond motifs is 1. The fraction of sp³-hybridized carbons (Fsp3) is 0.457. The number of ether oxygens (including phenoxy) is 3. The van der Waals surface area contributed by atoms with Gasteiger partial charge in [-0.2, -0.15) is 13.2 Å². The number of esters is 1. The van der Waals surface area contributed by atoms with Crippen molar-refractivity contribution in [2.45, 2.75) is 65.2 Å². The molecule has 48 heavy (non-hydrogen) atoms. The molecule has 0 unspecified atom stereocenters. The average Bonchev–Trinajstić information content (AvgIpc) is 3.05. The zero-order valence-corrected chi connectivity index (χ0v) is 27.8. The maximum absolute atomic E-state index is 15.5. The van der Waals surface area contributed by atoms with Crippen LogP contribution < -0.4 is 20.5 Å². The minimum Gasteiger partial charge on any atom is -0.493 e. The quantitative estimate of drug-likeness (QED) is 0.278. The van der Waals surface area contributed by atoms with E-state index in [-0.39, 0.29) is 36.4 Å². The molecule has 0 bridgehead atoms. The Kier molecular flexibility index (Phi) is 9.91. The maximum atomic E-state index is 15.5. The van der Waals surface area contributed by atoms with Gasteiger partial charge in [0.15, 0.2) is 0 Å². The highest BCUT2D eigenvalue weighted by atomic mass is 19.4. The number of anilines is 1. The van der Waals surface area contributed by atoms with Crippen molar-refractivity contribution < 1.29 is 41.4 Å². The fourth-order valence-electron chi connectivity index (χ4n) is 6.58. The van der Waals surface area contributed by atoms with E-state index in [2.05, 4.69) is 5.32 Å². The van der Waals surface area contributed by atoms with E-state index < -0.39 is 48.1 Å². The normalized spacial score (nSPS) is 17.0. The molecule has 9 nitrogen and oxygen atoms in total. The smallest absolute Gasteiger partial charge is 0.411 e. The van der Waals surface area contributed by atoms with Crippen molar-refractivity contribution in [3.05, 3.63) is 79.5 Å². The van der Waals surface area contributed by atoms with Crippen LogP contribution in [0, 0.1) is 33.5 Å². The third-order valence-electron chi connectivity index (χ3n) is 9.50. The summed E-state index contributed by atoms with van der Waals surface area (Å²) in [5, 5.41) is 2.58. The molecule has 2 aliphatic heterocycles. The zero-order valence-electron chi connectivity index (χ0n) is 27.8. The number of carbonyl (C=O) groups is 2. The molecule has 13 heteroatoms. The summed E-state index contributed by atoms with van der Waals surface area (Å²) >= 11 is 0. The van der Waals surface area contributed by atoms with E-state index in [4.69, 9.17) is 14.2 Å². The number of benzene rings is 2. The number of aryl methyl sites for hydroxylation is 1. The molecule has 1 amide bonds. The van der Waals surface area contributed by atoms with Crippen LogP contribution in [0.2, 0.25) is 0 Å². The first kappa shape index (κ1) is 34.9. The summed E-state index contributed by atoms with van der Waals surface area (Å²) in [6, 6.07) is 2.58. The van der Waals surface area contributed by atoms with Crippen LogP contribution in [-0.4, -0.2) is 68.2 Å². The molecule has 3 aromatic rings. The van der Waals surface area contributed by atoms with E-state index in [0.717, 1.165) is 33.4 Å². The van der Waals surface area contributed by atoms with Gasteiger partial charge in [-0.15, -0.1) is 0 Å². The molecule has 1 N–H and O–H groups in total. The van der Waals surface area contributed by atoms with Gasteiger partial charge in [0.05, 0.1) is 38.1 Å². The number of pyridine rings is 1. The second-order valence-corrected chi connectivity index (χ2v) is 12.3. The van der Waals surface area contributed by atoms with Gasteiger partial charge in [-0.25, -0.2) is 9.18 Å². The summed E-state index contributed by atoms with van der Waals surface area (Å²) in [6.07, 6.45) is -3.34. The van der Waals surface area contributed by atoms with Gasteiger partial charge in [0.1, 0.15) is 23.7 Å². The van der Waals surface area contributed by atoms with E-state index in [1.807, 2.05) is 20.8 Å². The van der Waals surface area contributed by atoms with Crippen LogP contribution in [0.25, 0.3) is 11.1 Å². The summed E-state index contributed by atoms with van der Waals surface area (Å²) in [6.45, 7) is 6.93. The van der Waals surface area contributed by atoms with Gasteiger partial charge in [-0.1, -0.05) is 12.1 Å². The van der Waals surface area contributed by atoms with Gasteiger partial charge in [0.2, 0.25) is 0 Å². The average molecular weight is 674 g/mol. The maximum Gasteiger partial charge on any atom is 0.411 e. The van der Waals surface area contributed by atoms with Gasteiger partial charge in [-0.05, 0) is 80.5 Å². The number of halogens is 4. The monoisotopic (exact) mass is 673 g/mol. The van der Waals surface area contributed by atoms with Crippen LogP contribution in [0.1, 0.15) is 50.3 Å². The van der Waals surface area contributed by atoms with Crippen LogP contribution in [0.4, 0.5) is 23.2 Å². The SMILES string of the molecule is COC(=O)[C@H](Cc1ccc(-c2c(C)c(C)c(C)n(C)c2=O)c2c1CCCO2)NC(=O)c1c(C)cc(N2CCOC[C@@H]2C(F)(F)F)cc1F. The number of methoxy groups -OCH3 is 1. The van der Waals surface area contributed by atoms with E-state index in [0.29, 0.717) is 41.9 Å². The number of nitrogens with one attached hydrogen (secondary N) is 1. The molecule has 2 atom stereocenters. The Bertz CT molecular complexity index is 1800. The highest BCUT2D eigenvalue weighted by Crippen LogP contribution is 2.40. The van der Waals surface area contributed by atoms with Crippen LogP contribution in [-0.2, 0) is 34.2 Å². The van der Waals surface area contributed by atoms with Gasteiger partial charge in [-0.3, -0.25) is 9.59 Å². The van der Waals surface area contributed by atoms with Gasteiger partial charge < -0.3 is 29.0 Å². The molecule has 1 fully saturated rings. The summed E-state index contributed by atoms with van der Waals surface area (Å²) in [5.74, 6) is -2.18. The number of aromatic nitrogens is 1. The lowest BCUT2D eigenvalue weighted by Crippen LogP contribution is -2.53. The number of amides is 1. The first-order valence-corrected chi connectivity index (χ1v) is 15.7. The first-order valence-electron chi connectivity index (χ1n) is 15.7. The summed E-state index contributed by atoms with van der Waals surface area (Å²) in [5.41, 5.74) is 4.82. The molecule has 1 aromatic heterocycles. The minimum absolute atomic E-state index is 0.0197. The Hall–Kier alpha value is -4.39. The topological polar surface area (TPSA) is 99.1 Å². The number of alkyl halides is 3. The fourth-order valence-corrected chi connectivity index (χ4v) is 6.58. The van der Waals surface area contributed by atoms with E-state index in [1.54, 1.807) is 23.7 Å². The van der Waals surface area contributed by atoms with Crippen molar-refractivity contribution in [3.8, 4) is 16.9 Å². The Balaban J connectivity index is 1.46. The second kappa shape index (κ2) is 13.6. The Morgan fingerprint density at radius 3 is 2.50 bits per heavy atom. The summed E-state index contributed by atoms with van der Waals surface area (Å²) < 4.78 is 74.2. The molecule has 0 spiro atoms. The van der Waals surface area contributed by atoms with Gasteiger partial charge in [0.25, 0.3) is 11.5 Å². The lowest BCUT2D eigenvalue weighted by Gasteiger charge is -2.38. The Labute approximate surface area is 275 Å². The summed E-state index contributed by atoms with van der Waals surface area (Å²) in [7, 11) is 2.89. The molecule has 258 valence electrons. The van der Waals surface area contributed by atoms with Gasteiger partial charge >= 0.3 is 12.1 Å². The van der Waals surface area contributed by atoms with Crippen LogP contribution in [0.5, 0.6) is 5.75 Å². The van der Waals surface area contributed by atoms with E-state index in [1.165, 1.54) is 20.1 Å². The predicted molar refractivity (Wildman–Crippen MR) is 171 cm³/mol. The Morgan fingerprint density at radius 1 is 1.10 bits per heavy atom. The molecule has 3 heterocycles. The number of nitrogens with zero attached hydrogens (tertiary/aromatic N) is 2. The molecule has 0 aliphatic carbocycles. The van der Waals surface area contributed by atoms with E-state index >= 15 is 4.39 Å². The molecular weight excluding hydrogens is 634 g/mol. The number of hydrogen-bond acceptors (Lipinski definition) is 7. The van der Waals surface area contributed by atoms with Crippen molar-refractivity contribution in [3.63, 3.8) is 0 Å². The van der Waals surface area contributed by atoms with Gasteiger partial charge in [0, 0.05) is 37.0 Å². The van der Waals surface area contributed by atoms with Crippen molar-refractivity contribution in [2.24, 2.45) is 7.05 Å². The number of rotatable bonds is 7. The minimum atomic E-state index is -4.61. The standard InChI is InChI=1S/C35H39F4N3O6/c1-18-14-23(42-11-13-47-17-28(42)35(37,38)39)16-26(36)29(18)32(43)40-27(34(45)46-6)15-22-9-10-25(31-24(22)8-7-12-48-31)30-20(3)19(2)21(4)41(5)33(30)44/h9-10,14,16,27-28H,7-8,11-13,15,17H2,1-6H3,(H,40,43)/t27-,28+/m0/s1. The van der Waals surface area contributed by atoms with Crippen molar-refractivity contribution in [1.29, 1.82) is 0 Å². The largest absolute Gasteiger partial charge is 0.493 e. The van der Waals surface area contributed by atoms with Crippen molar-refractivity contribution in [2.75, 3.05) is 38.4 Å². The molecule has 1 saturated heterocycles. The van der Waals surface area contributed by atoms with Crippen LogP contribution >= 0.6 is 0 Å². The van der Waals surface area contributed by atoms with Crippen molar-refractivity contribution >= 4 is 17.6 Å². The highest BCUT2D eigenvalue weighted by Gasteiger charge is 2.45. The Morgan fingerprint density at radius 2 is 1.83 bits per heavy atom. The lowest BCUT2D eigenvalue weighted by molar-refractivity contribution is -0.167. The number of hydrogen-bond donors (Lipinski definition) is 1. The number of carbonyl (C=O) groups excluding carboxylic acids is 2. The lowest BCUT2D eigenvalue weighted by atomic mass is 9.88. The third-order valence-corrected chi connectivity index (χ3v) is 9.50. The molecule has 5 rings (SSSR count). The third kappa shape index (κ3) is 6.52. The van der Waals surface area contributed by atoms with E-state index in [9.17, 15) is 27.6 Å². The molecule has 0 saturated carbocycles. The second-order valence-electron chi connectivity index (χ2n) is 12.3. The van der Waals surface area contributed by atoms with Crippen molar-refractivity contribution in [1.82, 2.24) is 9.88 Å². The molecule has 0 radical (unpaired) electrons. The zero-order chi connectivity index (χ0) is 35.1. The number of morpholine rings is 1. The summed E-state index contributed by atoms with van der Waals surface area (Å²) in [4.78, 5) is 40.9. The first-order chi connectivity index (χ1) is 22.6. The molecular formula is C35H39F4N3O6. The predicted octanol–water partition coefficient (Wildman–Crippen LogP) is 5.03. The highest BCUT2D eigenvalue weighted by molar-refractivity contribution is 5.98. The molecule has 2 aromatic carbocycles. The van der Waals surface area contributed by atoms with Crippen LogP contribution in [0.3, 0.4) is 0 Å². The molecule has 2 aliphatic rings. The van der Waals surface area contributed by atoms with Crippen LogP contribution in [0.15, 0.2) is 29.1 Å².